The topological polar surface area (TPSA) is 123 Å². The first-order valence-electron chi connectivity index (χ1n) is 12.8. The second-order valence-electron chi connectivity index (χ2n) is 11.1. The summed E-state index contributed by atoms with van der Waals surface area (Å²) in [5.74, 6) is 0.482. The maximum absolute atomic E-state index is 13.5. The number of nitrogens with one attached hydrogen (secondary N) is 3. The van der Waals surface area contributed by atoms with Crippen LogP contribution >= 0.6 is 11.6 Å². The number of nitrogens with zero attached hydrogens (tertiary/aromatic N) is 3. The highest BCUT2D eigenvalue weighted by Crippen LogP contribution is 2.45. The minimum atomic E-state index is -1.05. The highest BCUT2D eigenvalue weighted by atomic mass is 35.5. The van der Waals surface area contributed by atoms with E-state index in [1.165, 1.54) is 4.90 Å². The maximum Gasteiger partial charge on any atom is 0.408 e. The summed E-state index contributed by atoms with van der Waals surface area (Å²) in [6.45, 7) is 6.17. The molecule has 1 saturated heterocycles. The third-order valence-electron chi connectivity index (χ3n) is 7.92. The number of fused-ring (bicyclic) bond motifs is 1. The Morgan fingerprint density at radius 2 is 2.03 bits per heavy atom. The zero-order chi connectivity index (χ0) is 26.4. The lowest BCUT2D eigenvalue weighted by atomic mass is 9.65. The fraction of sp³-hybridized carbons (Fsp3) is 0.481. The van der Waals surface area contributed by atoms with Crippen LogP contribution < -0.4 is 10.6 Å². The number of halogens is 1. The molecule has 9 nitrogen and oxygen atoms in total. The Kier molecular flexibility index (Phi) is 6.52. The van der Waals surface area contributed by atoms with Gasteiger partial charge in [-0.3, -0.25) is 9.69 Å². The monoisotopic (exact) mass is 524 g/mol. The normalized spacial score (nSPS) is 23.9. The summed E-state index contributed by atoms with van der Waals surface area (Å²) in [6, 6.07) is 7.79. The average molecular weight is 525 g/mol. The summed E-state index contributed by atoms with van der Waals surface area (Å²) in [6.07, 6.45) is 6.61. The summed E-state index contributed by atoms with van der Waals surface area (Å²) in [5.41, 5.74) is 1.19. The van der Waals surface area contributed by atoms with Crippen molar-refractivity contribution >= 4 is 40.5 Å². The fourth-order valence-electron chi connectivity index (χ4n) is 5.95. The molecule has 4 N–H and O–H groups in total. The van der Waals surface area contributed by atoms with Gasteiger partial charge in [-0.05, 0) is 67.3 Å². The lowest BCUT2D eigenvalue weighted by Crippen LogP contribution is -2.75. The quantitative estimate of drug-likeness (QED) is 0.336. The number of aromatic amines is 1. The molecule has 3 unspecified atom stereocenters. The molecule has 4 heterocycles. The Labute approximate surface area is 221 Å². The van der Waals surface area contributed by atoms with Crippen molar-refractivity contribution in [2.45, 2.75) is 70.5 Å². The van der Waals surface area contributed by atoms with Gasteiger partial charge in [-0.25, -0.2) is 14.8 Å². The first kappa shape index (κ1) is 25.3. The van der Waals surface area contributed by atoms with Crippen LogP contribution in [0.5, 0.6) is 0 Å². The predicted molar refractivity (Wildman–Crippen MR) is 144 cm³/mol. The van der Waals surface area contributed by atoms with E-state index in [1.807, 2.05) is 51.2 Å². The van der Waals surface area contributed by atoms with Crippen molar-refractivity contribution in [1.82, 2.24) is 25.2 Å². The van der Waals surface area contributed by atoms with Crippen LogP contribution in [-0.4, -0.2) is 61.1 Å². The van der Waals surface area contributed by atoms with Crippen LogP contribution in [0.25, 0.3) is 22.2 Å². The smallest absolute Gasteiger partial charge is 0.408 e. The van der Waals surface area contributed by atoms with E-state index >= 15 is 0 Å². The van der Waals surface area contributed by atoms with E-state index in [-0.39, 0.29) is 18.0 Å². The first-order chi connectivity index (χ1) is 17.6. The molecule has 37 heavy (non-hydrogen) atoms. The van der Waals surface area contributed by atoms with Crippen molar-refractivity contribution in [1.29, 1.82) is 0 Å². The van der Waals surface area contributed by atoms with Gasteiger partial charge in [0.25, 0.3) is 0 Å². The average Bonchev–Trinajstić information content (AvgIpc) is 3.21. The molecule has 0 spiro atoms. The van der Waals surface area contributed by atoms with Crippen molar-refractivity contribution in [2.24, 2.45) is 5.41 Å². The summed E-state index contributed by atoms with van der Waals surface area (Å²) >= 11 is 6.40. The van der Waals surface area contributed by atoms with E-state index in [0.717, 1.165) is 47.8 Å². The van der Waals surface area contributed by atoms with Crippen molar-refractivity contribution in [3.05, 3.63) is 41.8 Å². The van der Waals surface area contributed by atoms with Crippen LogP contribution in [0, 0.1) is 5.41 Å². The van der Waals surface area contributed by atoms with Crippen LogP contribution in [0.15, 0.2) is 36.7 Å². The molecule has 2 fully saturated rings. The zero-order valence-electron chi connectivity index (χ0n) is 21.3. The number of anilines is 1. The molecule has 3 aromatic rings. The summed E-state index contributed by atoms with van der Waals surface area (Å²) < 4.78 is 0. The Morgan fingerprint density at radius 3 is 2.73 bits per heavy atom. The molecule has 5 rings (SSSR count). The van der Waals surface area contributed by atoms with Gasteiger partial charge < -0.3 is 20.7 Å². The van der Waals surface area contributed by atoms with Gasteiger partial charge in [0.1, 0.15) is 22.2 Å². The second-order valence-corrected chi connectivity index (χ2v) is 11.5. The number of rotatable bonds is 5. The van der Waals surface area contributed by atoms with Crippen LogP contribution in [0.4, 0.5) is 10.6 Å². The number of H-pyrrole nitrogens is 1. The number of likely N-dealkylation sites (tertiary alicyclic amines) is 1. The number of carboxylic acid groups (broad SMARTS) is 1. The number of aromatic nitrogens is 3. The number of hydrogen-bond donors (Lipinski definition) is 4. The number of carbonyl (C=O) groups is 2. The zero-order valence-corrected chi connectivity index (χ0v) is 22.1. The minimum Gasteiger partial charge on any atom is -0.465 e. The maximum atomic E-state index is 13.5. The third kappa shape index (κ3) is 4.61. The van der Waals surface area contributed by atoms with E-state index in [9.17, 15) is 14.7 Å². The van der Waals surface area contributed by atoms with Gasteiger partial charge in [0, 0.05) is 42.0 Å². The molecule has 3 aromatic heterocycles. The van der Waals surface area contributed by atoms with E-state index in [0.29, 0.717) is 23.9 Å². The van der Waals surface area contributed by atoms with E-state index in [1.54, 1.807) is 6.20 Å². The second kappa shape index (κ2) is 9.52. The summed E-state index contributed by atoms with van der Waals surface area (Å²) in [7, 11) is 0. The van der Waals surface area contributed by atoms with Gasteiger partial charge in [0.05, 0.1) is 0 Å². The summed E-state index contributed by atoms with van der Waals surface area (Å²) in [4.78, 5) is 38.7. The van der Waals surface area contributed by atoms with Crippen molar-refractivity contribution in [2.75, 3.05) is 11.9 Å². The minimum absolute atomic E-state index is 0.0485. The van der Waals surface area contributed by atoms with Crippen molar-refractivity contribution < 1.29 is 14.7 Å². The molecular weight excluding hydrogens is 492 g/mol. The molecule has 0 aromatic carbocycles. The lowest BCUT2D eigenvalue weighted by Gasteiger charge is -2.57. The molecule has 1 aliphatic heterocycles. The molecule has 2 amide bonds. The fourth-order valence-corrected chi connectivity index (χ4v) is 6.16. The molecule has 3 atom stereocenters. The van der Waals surface area contributed by atoms with Crippen LogP contribution in [0.2, 0.25) is 5.15 Å². The molecule has 2 aliphatic rings. The van der Waals surface area contributed by atoms with Gasteiger partial charge in [-0.15, -0.1) is 0 Å². The van der Waals surface area contributed by atoms with Crippen LogP contribution in [0.1, 0.15) is 52.9 Å². The van der Waals surface area contributed by atoms with Gasteiger partial charge in [-0.2, -0.15) is 0 Å². The van der Waals surface area contributed by atoms with E-state index in [2.05, 4.69) is 25.6 Å². The first-order valence-corrected chi connectivity index (χ1v) is 13.1. The Bertz CT molecular complexity index is 1340. The van der Waals surface area contributed by atoms with E-state index in [4.69, 9.17) is 11.6 Å². The van der Waals surface area contributed by atoms with Crippen LogP contribution in [0.3, 0.4) is 0 Å². The molecule has 0 radical (unpaired) electrons. The number of hydrogen-bond acceptors (Lipinski definition) is 5. The molecule has 0 bridgehead atoms. The highest BCUT2D eigenvalue weighted by molar-refractivity contribution is 6.29. The summed E-state index contributed by atoms with van der Waals surface area (Å²) in [5, 5.41) is 17.8. The highest BCUT2D eigenvalue weighted by Gasteiger charge is 2.60. The number of amides is 2. The Hall–Kier alpha value is -3.33. The Morgan fingerprint density at radius 1 is 1.24 bits per heavy atom. The largest absolute Gasteiger partial charge is 0.465 e. The number of pyridine rings is 2. The van der Waals surface area contributed by atoms with Crippen molar-refractivity contribution in [3.63, 3.8) is 0 Å². The molecular formula is C27H33ClN6O3. The number of carbonyl (C=O) groups excluding carboxylic acids is 1. The SMILES string of the molecule is CC(C)(C)C1(C(=O)NC2CCCC(Nc3cc(-c4c[nH]c5ncccc45)cc(Cl)n3)C2)CCN1C(=O)O. The van der Waals surface area contributed by atoms with Gasteiger partial charge in [0.15, 0.2) is 0 Å². The van der Waals surface area contributed by atoms with Gasteiger partial charge >= 0.3 is 6.09 Å². The van der Waals surface area contributed by atoms with Crippen LogP contribution in [-0.2, 0) is 4.79 Å². The third-order valence-corrected chi connectivity index (χ3v) is 8.12. The standard InChI is InChI=1S/C27H33ClN6O3/c1-26(2,3)27(9-11-34(27)25(36)37)24(35)32-18-7-4-6-17(14-18)31-22-13-16(12-21(28)33-22)20-15-30-23-19(20)8-5-10-29-23/h5,8,10,12-13,15,17-18H,4,6-7,9,11,14H2,1-3H3,(H,29,30)(H,31,33)(H,32,35)(H,36,37). The van der Waals surface area contributed by atoms with Gasteiger partial charge in [0.2, 0.25) is 5.91 Å². The molecule has 10 heteroatoms. The lowest BCUT2D eigenvalue weighted by molar-refractivity contribution is -0.153. The molecule has 196 valence electrons. The molecule has 1 saturated carbocycles. The molecule has 1 aliphatic carbocycles. The Balaban J connectivity index is 1.30. The van der Waals surface area contributed by atoms with Gasteiger partial charge in [-0.1, -0.05) is 32.4 Å². The van der Waals surface area contributed by atoms with Crippen molar-refractivity contribution in [3.8, 4) is 11.1 Å². The van der Waals surface area contributed by atoms with E-state index < -0.39 is 17.0 Å². The predicted octanol–water partition coefficient (Wildman–Crippen LogP) is 5.29.